The van der Waals surface area contributed by atoms with Crippen molar-refractivity contribution in [1.29, 1.82) is 0 Å². The number of amides is 1. The predicted molar refractivity (Wildman–Crippen MR) is 89.5 cm³/mol. The highest BCUT2D eigenvalue weighted by molar-refractivity contribution is 5.96. The number of hydrogen-bond acceptors (Lipinski definition) is 3. The summed E-state index contributed by atoms with van der Waals surface area (Å²) in [5.74, 6) is -1.17. The highest BCUT2D eigenvalue weighted by atomic mass is 19.4. The van der Waals surface area contributed by atoms with Crippen molar-refractivity contribution in [1.82, 2.24) is 10.2 Å². The number of halogens is 3. The summed E-state index contributed by atoms with van der Waals surface area (Å²) >= 11 is 0. The molecule has 0 unspecified atom stereocenters. The summed E-state index contributed by atoms with van der Waals surface area (Å²) in [5, 5.41) is 12.0. The molecule has 1 saturated heterocycles. The highest BCUT2D eigenvalue weighted by Crippen LogP contribution is 2.40. The van der Waals surface area contributed by atoms with Crippen molar-refractivity contribution in [3.63, 3.8) is 0 Å². The SMILES string of the molecule is CNC(=O)c1cccc([C@@H](CN2CC[C@H](O)C2)C(C)C)c1C(F)(F)F. The number of rotatable bonds is 5. The monoisotopic (exact) mass is 358 g/mol. The molecule has 140 valence electrons. The average molecular weight is 358 g/mol. The van der Waals surface area contributed by atoms with Crippen LogP contribution in [0.25, 0.3) is 0 Å². The van der Waals surface area contributed by atoms with Gasteiger partial charge in [-0.15, -0.1) is 0 Å². The van der Waals surface area contributed by atoms with E-state index in [-0.39, 0.29) is 23.0 Å². The Hall–Kier alpha value is -1.60. The molecule has 7 heteroatoms. The van der Waals surface area contributed by atoms with Crippen LogP contribution >= 0.6 is 0 Å². The van der Waals surface area contributed by atoms with E-state index < -0.39 is 23.8 Å². The number of nitrogens with zero attached hydrogens (tertiary/aromatic N) is 1. The molecule has 1 heterocycles. The van der Waals surface area contributed by atoms with Crippen molar-refractivity contribution < 1.29 is 23.1 Å². The molecule has 0 bridgehead atoms. The Bertz CT molecular complexity index is 617. The lowest BCUT2D eigenvalue weighted by atomic mass is 9.83. The summed E-state index contributed by atoms with van der Waals surface area (Å²) in [6.45, 7) is 5.32. The quantitative estimate of drug-likeness (QED) is 0.851. The van der Waals surface area contributed by atoms with Crippen LogP contribution in [-0.4, -0.2) is 48.7 Å². The van der Waals surface area contributed by atoms with Crippen LogP contribution < -0.4 is 5.32 Å². The number of β-amino-alcohol motifs (C(OH)–C–C–N with tert-alkyl or cyclic N) is 1. The number of aliphatic hydroxyl groups is 1. The van der Waals surface area contributed by atoms with Gasteiger partial charge < -0.3 is 15.3 Å². The molecule has 0 aliphatic carbocycles. The number of aliphatic hydroxyl groups excluding tert-OH is 1. The Kier molecular flexibility index (Phi) is 6.11. The molecule has 1 amide bonds. The highest BCUT2D eigenvalue weighted by Gasteiger charge is 2.40. The first-order valence-corrected chi connectivity index (χ1v) is 8.47. The molecule has 1 fully saturated rings. The van der Waals surface area contributed by atoms with Crippen LogP contribution in [0, 0.1) is 5.92 Å². The molecule has 1 aromatic carbocycles. The second kappa shape index (κ2) is 7.74. The Labute approximate surface area is 146 Å². The van der Waals surface area contributed by atoms with Gasteiger partial charge in [0.2, 0.25) is 0 Å². The first-order chi connectivity index (χ1) is 11.6. The van der Waals surface area contributed by atoms with Crippen LogP contribution in [0.3, 0.4) is 0 Å². The number of benzene rings is 1. The molecule has 4 nitrogen and oxygen atoms in total. The molecular weight excluding hydrogens is 333 g/mol. The van der Waals surface area contributed by atoms with Crippen LogP contribution in [0.15, 0.2) is 18.2 Å². The third-order valence-corrected chi connectivity index (χ3v) is 4.76. The topological polar surface area (TPSA) is 52.6 Å². The smallest absolute Gasteiger partial charge is 0.392 e. The fourth-order valence-electron chi connectivity index (χ4n) is 3.44. The summed E-state index contributed by atoms with van der Waals surface area (Å²) in [7, 11) is 1.32. The van der Waals surface area contributed by atoms with E-state index in [0.29, 0.717) is 26.1 Å². The second-order valence-corrected chi connectivity index (χ2v) is 6.90. The number of hydrogen-bond donors (Lipinski definition) is 2. The van der Waals surface area contributed by atoms with Gasteiger partial charge in [-0.2, -0.15) is 13.2 Å². The van der Waals surface area contributed by atoms with Gasteiger partial charge in [0.1, 0.15) is 0 Å². The normalized spacial score (nSPS) is 20.1. The maximum absolute atomic E-state index is 13.8. The zero-order chi connectivity index (χ0) is 18.8. The Balaban J connectivity index is 2.48. The van der Waals surface area contributed by atoms with Crippen molar-refractivity contribution in [3.8, 4) is 0 Å². The van der Waals surface area contributed by atoms with Gasteiger partial charge in [-0.3, -0.25) is 4.79 Å². The average Bonchev–Trinajstić information content (AvgIpc) is 2.95. The van der Waals surface area contributed by atoms with Gasteiger partial charge in [0, 0.05) is 26.7 Å². The molecule has 0 aromatic heterocycles. The number of carbonyl (C=O) groups excluding carboxylic acids is 1. The Morgan fingerprint density at radius 2 is 2.08 bits per heavy atom. The van der Waals surface area contributed by atoms with Crippen molar-refractivity contribution >= 4 is 5.91 Å². The van der Waals surface area contributed by atoms with Crippen LogP contribution in [0.4, 0.5) is 13.2 Å². The molecule has 0 saturated carbocycles. The van der Waals surface area contributed by atoms with Gasteiger partial charge in [-0.05, 0) is 29.9 Å². The molecule has 2 atom stereocenters. The van der Waals surface area contributed by atoms with Crippen molar-refractivity contribution in [2.45, 2.75) is 38.5 Å². The van der Waals surface area contributed by atoms with Gasteiger partial charge in [0.15, 0.2) is 0 Å². The van der Waals surface area contributed by atoms with Crippen LogP contribution in [0.2, 0.25) is 0 Å². The molecule has 2 N–H and O–H groups in total. The molecule has 25 heavy (non-hydrogen) atoms. The summed E-state index contributed by atoms with van der Waals surface area (Å²) in [5.41, 5.74) is -1.06. The minimum absolute atomic E-state index is 0.0428. The summed E-state index contributed by atoms with van der Waals surface area (Å²) in [6, 6.07) is 4.18. The second-order valence-electron chi connectivity index (χ2n) is 6.90. The molecule has 0 radical (unpaired) electrons. The van der Waals surface area contributed by atoms with Crippen LogP contribution in [0.5, 0.6) is 0 Å². The van der Waals surface area contributed by atoms with Crippen molar-refractivity contribution in [2.24, 2.45) is 5.92 Å². The van der Waals surface area contributed by atoms with Crippen LogP contribution in [-0.2, 0) is 6.18 Å². The number of nitrogens with one attached hydrogen (secondary N) is 1. The van der Waals surface area contributed by atoms with Gasteiger partial charge in [-0.25, -0.2) is 0 Å². The van der Waals surface area contributed by atoms with Crippen molar-refractivity contribution in [2.75, 3.05) is 26.7 Å². The van der Waals surface area contributed by atoms with Crippen molar-refractivity contribution in [3.05, 3.63) is 34.9 Å². The fourth-order valence-corrected chi connectivity index (χ4v) is 3.44. The van der Waals surface area contributed by atoms with Gasteiger partial charge in [-0.1, -0.05) is 26.0 Å². The third-order valence-electron chi connectivity index (χ3n) is 4.76. The fraction of sp³-hybridized carbons (Fsp3) is 0.611. The predicted octanol–water partition coefficient (Wildman–Crippen LogP) is 2.87. The Morgan fingerprint density at radius 1 is 1.40 bits per heavy atom. The van der Waals surface area contributed by atoms with E-state index in [4.69, 9.17) is 0 Å². The third kappa shape index (κ3) is 4.52. The Morgan fingerprint density at radius 3 is 2.56 bits per heavy atom. The maximum Gasteiger partial charge on any atom is 0.417 e. The zero-order valence-corrected chi connectivity index (χ0v) is 14.7. The van der Waals surface area contributed by atoms with Gasteiger partial charge in [0.05, 0.1) is 17.2 Å². The van der Waals surface area contributed by atoms with Gasteiger partial charge >= 0.3 is 6.18 Å². The summed E-state index contributed by atoms with van der Waals surface area (Å²) in [4.78, 5) is 13.9. The van der Waals surface area contributed by atoms with E-state index in [1.54, 1.807) is 0 Å². The standard InChI is InChI=1S/C18H25F3N2O2/c1-11(2)15(10-23-8-7-12(24)9-23)13-5-4-6-14(17(25)22-3)16(13)18(19,20)21/h4-6,11-12,15,24H,7-10H2,1-3H3,(H,22,25)/t12-,15-/m0/s1. The maximum atomic E-state index is 13.8. The molecule has 2 rings (SSSR count). The minimum Gasteiger partial charge on any atom is -0.392 e. The summed E-state index contributed by atoms with van der Waals surface area (Å²) < 4.78 is 41.3. The lowest BCUT2D eigenvalue weighted by Gasteiger charge is -2.30. The van der Waals surface area contributed by atoms with E-state index in [9.17, 15) is 23.1 Å². The first-order valence-electron chi connectivity index (χ1n) is 8.47. The van der Waals surface area contributed by atoms with E-state index in [1.165, 1.54) is 25.2 Å². The number of alkyl halides is 3. The number of carbonyl (C=O) groups is 1. The largest absolute Gasteiger partial charge is 0.417 e. The molecular formula is C18H25F3N2O2. The summed E-state index contributed by atoms with van der Waals surface area (Å²) in [6.07, 6.45) is -4.40. The molecule has 1 aliphatic rings. The van der Waals surface area contributed by atoms with E-state index in [1.807, 2.05) is 18.7 Å². The molecule has 1 aromatic rings. The minimum atomic E-state index is -4.61. The lowest BCUT2D eigenvalue weighted by molar-refractivity contribution is -0.138. The van der Waals surface area contributed by atoms with E-state index in [0.717, 1.165) is 0 Å². The number of likely N-dealkylation sites (tertiary alicyclic amines) is 1. The van der Waals surface area contributed by atoms with Crippen LogP contribution in [0.1, 0.15) is 47.7 Å². The molecule has 0 spiro atoms. The van der Waals surface area contributed by atoms with E-state index in [2.05, 4.69) is 5.32 Å². The van der Waals surface area contributed by atoms with Gasteiger partial charge in [0.25, 0.3) is 5.91 Å². The lowest BCUT2D eigenvalue weighted by Crippen LogP contribution is -2.32. The van der Waals surface area contributed by atoms with E-state index >= 15 is 0 Å². The zero-order valence-electron chi connectivity index (χ0n) is 14.7. The molecule has 1 aliphatic heterocycles. The first kappa shape index (κ1) is 19.7.